The Kier molecular flexibility index (Phi) is 6.29. The van der Waals surface area contributed by atoms with Crippen LogP contribution in [0.3, 0.4) is 0 Å². The molecule has 3 aromatic rings. The number of hydrogen-bond acceptors (Lipinski definition) is 5. The van der Waals surface area contributed by atoms with E-state index >= 15 is 0 Å². The van der Waals surface area contributed by atoms with Gasteiger partial charge in [0.2, 0.25) is 0 Å². The summed E-state index contributed by atoms with van der Waals surface area (Å²) in [6.07, 6.45) is 5.47. The fraction of sp³-hybridized carbons (Fsp3) is 0. The number of hydroxylamine groups is 1. The van der Waals surface area contributed by atoms with E-state index in [1.54, 1.807) is 42.6 Å². The monoisotopic (exact) mass is 393 g/mol. The molecule has 2 aromatic carbocycles. The van der Waals surface area contributed by atoms with Crippen molar-refractivity contribution < 1.29 is 23.9 Å². The Hall–Kier alpha value is -4.04. The van der Waals surface area contributed by atoms with Gasteiger partial charge < -0.3 is 10.1 Å². The second-order valence-electron chi connectivity index (χ2n) is 5.82. The highest BCUT2D eigenvalue weighted by Crippen LogP contribution is 2.29. The van der Waals surface area contributed by atoms with Crippen LogP contribution >= 0.6 is 0 Å². The Bertz CT molecular complexity index is 1050. The van der Waals surface area contributed by atoms with Crippen molar-refractivity contribution >= 4 is 23.6 Å². The molecule has 3 N–H and O–H groups in total. The van der Waals surface area contributed by atoms with Gasteiger partial charge in [0, 0.05) is 35.8 Å². The van der Waals surface area contributed by atoms with Gasteiger partial charge in [-0.2, -0.15) is 0 Å². The van der Waals surface area contributed by atoms with Crippen molar-refractivity contribution in [2.24, 2.45) is 0 Å². The van der Waals surface area contributed by atoms with Crippen LogP contribution in [0.1, 0.15) is 15.9 Å². The maximum absolute atomic E-state index is 13.4. The highest BCUT2D eigenvalue weighted by Gasteiger charge is 2.10. The number of hydrogen-bond donors (Lipinski definition) is 3. The van der Waals surface area contributed by atoms with Crippen LogP contribution in [-0.4, -0.2) is 22.0 Å². The van der Waals surface area contributed by atoms with Crippen molar-refractivity contribution in [3.63, 3.8) is 0 Å². The lowest BCUT2D eigenvalue weighted by Crippen LogP contribution is -2.14. The lowest BCUT2D eigenvalue weighted by Gasteiger charge is -2.12. The number of pyridine rings is 1. The Balaban J connectivity index is 1.88. The summed E-state index contributed by atoms with van der Waals surface area (Å²) >= 11 is 0. The molecule has 0 unspecified atom stereocenters. The number of anilines is 1. The van der Waals surface area contributed by atoms with Gasteiger partial charge in [-0.05, 0) is 48.5 Å². The number of nitrogens with zero attached hydrogens (tertiary/aromatic N) is 1. The Labute approximate surface area is 165 Å². The van der Waals surface area contributed by atoms with E-state index in [0.717, 1.165) is 6.08 Å². The van der Waals surface area contributed by atoms with Gasteiger partial charge in [0.1, 0.15) is 17.3 Å². The van der Waals surface area contributed by atoms with Gasteiger partial charge in [0.15, 0.2) is 0 Å². The van der Waals surface area contributed by atoms with Crippen molar-refractivity contribution in [1.82, 2.24) is 10.5 Å². The first-order chi connectivity index (χ1) is 14.0. The number of amides is 2. The van der Waals surface area contributed by atoms with E-state index < -0.39 is 11.7 Å². The summed E-state index contributed by atoms with van der Waals surface area (Å²) in [7, 11) is 0. The summed E-state index contributed by atoms with van der Waals surface area (Å²) < 4.78 is 19.1. The molecular weight excluding hydrogens is 377 g/mol. The van der Waals surface area contributed by atoms with E-state index in [0.29, 0.717) is 22.6 Å². The molecule has 1 heterocycles. The van der Waals surface area contributed by atoms with Gasteiger partial charge in [-0.3, -0.25) is 19.8 Å². The predicted octanol–water partition coefficient (Wildman–Crippen LogP) is 3.78. The molecule has 0 aliphatic heterocycles. The van der Waals surface area contributed by atoms with Crippen molar-refractivity contribution in [2.75, 3.05) is 5.32 Å². The number of halogens is 1. The van der Waals surface area contributed by atoms with Crippen molar-refractivity contribution in [1.29, 1.82) is 0 Å². The highest BCUT2D eigenvalue weighted by atomic mass is 19.1. The van der Waals surface area contributed by atoms with E-state index in [9.17, 15) is 14.0 Å². The summed E-state index contributed by atoms with van der Waals surface area (Å²) in [5.74, 6) is -0.985. The Morgan fingerprint density at radius 1 is 1.10 bits per heavy atom. The number of aromatic nitrogens is 1. The quantitative estimate of drug-likeness (QED) is 0.336. The van der Waals surface area contributed by atoms with Crippen LogP contribution in [0.15, 0.2) is 73.1 Å². The van der Waals surface area contributed by atoms with Crippen LogP contribution in [0, 0.1) is 5.82 Å². The van der Waals surface area contributed by atoms with Crippen molar-refractivity contribution in [2.45, 2.75) is 0 Å². The summed E-state index contributed by atoms with van der Waals surface area (Å²) in [4.78, 5) is 27.5. The van der Waals surface area contributed by atoms with Gasteiger partial charge in [-0.15, -0.1) is 0 Å². The molecular formula is C21H16FN3O4. The van der Waals surface area contributed by atoms with Crippen LogP contribution in [0.4, 0.5) is 10.1 Å². The predicted molar refractivity (Wildman–Crippen MR) is 104 cm³/mol. The van der Waals surface area contributed by atoms with E-state index in [1.807, 2.05) is 0 Å². The fourth-order valence-electron chi connectivity index (χ4n) is 2.41. The maximum Gasteiger partial charge on any atom is 0.267 e. The lowest BCUT2D eigenvalue weighted by molar-refractivity contribution is -0.124. The molecule has 1 aromatic heterocycles. The molecule has 0 spiro atoms. The minimum Gasteiger partial charge on any atom is -0.457 e. The zero-order valence-electron chi connectivity index (χ0n) is 15.0. The fourth-order valence-corrected chi connectivity index (χ4v) is 2.41. The summed E-state index contributed by atoms with van der Waals surface area (Å²) in [6, 6.07) is 13.6. The number of ether oxygens (including phenoxy) is 1. The molecule has 0 atom stereocenters. The third-order valence-electron chi connectivity index (χ3n) is 3.74. The van der Waals surface area contributed by atoms with Crippen LogP contribution in [0.5, 0.6) is 11.5 Å². The SMILES string of the molecule is O=C(C=Cc1cc(NC(=O)c2cccnc2)ccc1Oc1cccc(F)c1)NO. The second kappa shape index (κ2) is 9.25. The number of rotatable bonds is 6. The molecule has 7 nitrogen and oxygen atoms in total. The first-order valence-electron chi connectivity index (χ1n) is 8.46. The average Bonchev–Trinajstić information content (AvgIpc) is 2.74. The second-order valence-corrected chi connectivity index (χ2v) is 5.82. The number of carbonyl (C=O) groups is 2. The minimum absolute atomic E-state index is 0.262. The van der Waals surface area contributed by atoms with Crippen LogP contribution in [0.25, 0.3) is 6.08 Å². The van der Waals surface area contributed by atoms with Crippen molar-refractivity contribution in [3.8, 4) is 11.5 Å². The summed E-state index contributed by atoms with van der Waals surface area (Å²) in [5.41, 5.74) is 2.72. The van der Waals surface area contributed by atoms with Gasteiger partial charge in [-0.25, -0.2) is 9.87 Å². The lowest BCUT2D eigenvalue weighted by atomic mass is 10.1. The largest absolute Gasteiger partial charge is 0.457 e. The summed E-state index contributed by atoms with van der Waals surface area (Å²) in [5, 5.41) is 11.4. The summed E-state index contributed by atoms with van der Waals surface area (Å²) in [6.45, 7) is 0. The van der Waals surface area contributed by atoms with Crippen LogP contribution in [0.2, 0.25) is 0 Å². The zero-order chi connectivity index (χ0) is 20.6. The Morgan fingerprint density at radius 3 is 2.69 bits per heavy atom. The molecule has 29 heavy (non-hydrogen) atoms. The smallest absolute Gasteiger partial charge is 0.267 e. The average molecular weight is 393 g/mol. The zero-order valence-corrected chi connectivity index (χ0v) is 15.0. The first kappa shape index (κ1) is 19.7. The number of carbonyl (C=O) groups excluding carboxylic acids is 2. The molecule has 0 saturated heterocycles. The van der Waals surface area contributed by atoms with E-state index in [4.69, 9.17) is 9.94 Å². The van der Waals surface area contributed by atoms with Crippen LogP contribution in [-0.2, 0) is 4.79 Å². The topological polar surface area (TPSA) is 101 Å². The molecule has 0 aliphatic carbocycles. The minimum atomic E-state index is -0.744. The third-order valence-corrected chi connectivity index (χ3v) is 3.74. The normalized spacial score (nSPS) is 10.6. The van der Waals surface area contributed by atoms with E-state index in [2.05, 4.69) is 10.3 Å². The van der Waals surface area contributed by atoms with Gasteiger partial charge in [-0.1, -0.05) is 6.07 Å². The highest BCUT2D eigenvalue weighted by molar-refractivity contribution is 6.04. The molecule has 2 amide bonds. The number of benzene rings is 2. The maximum atomic E-state index is 13.4. The van der Waals surface area contributed by atoms with E-state index in [-0.39, 0.29) is 11.7 Å². The van der Waals surface area contributed by atoms with E-state index in [1.165, 1.54) is 36.0 Å². The van der Waals surface area contributed by atoms with Gasteiger partial charge in [0.05, 0.1) is 5.56 Å². The first-order valence-corrected chi connectivity index (χ1v) is 8.46. The number of nitrogens with one attached hydrogen (secondary N) is 2. The van der Waals surface area contributed by atoms with Crippen LogP contribution < -0.4 is 15.5 Å². The molecule has 0 saturated carbocycles. The third kappa shape index (κ3) is 5.47. The molecule has 146 valence electrons. The van der Waals surface area contributed by atoms with Crippen molar-refractivity contribution in [3.05, 3.63) is 90.0 Å². The molecule has 0 radical (unpaired) electrons. The van der Waals surface area contributed by atoms with Gasteiger partial charge >= 0.3 is 0 Å². The standard InChI is InChI=1S/C21H16FN3O4/c22-16-4-1-5-18(12-16)29-19-8-7-17(11-14(19)6-9-20(26)25-28)24-21(27)15-3-2-10-23-13-15/h1-13,28H,(H,24,27)(H,25,26). The molecule has 0 fully saturated rings. The van der Waals surface area contributed by atoms with Gasteiger partial charge in [0.25, 0.3) is 11.8 Å². The molecule has 3 rings (SSSR count). The molecule has 0 bridgehead atoms. The molecule has 8 heteroatoms. The Morgan fingerprint density at radius 2 is 1.97 bits per heavy atom. The molecule has 0 aliphatic rings.